The molecule has 2 heteroatoms. The molecule has 0 unspecified atom stereocenters. The van der Waals surface area contributed by atoms with Gasteiger partial charge in [0.1, 0.15) is 0 Å². The summed E-state index contributed by atoms with van der Waals surface area (Å²) in [5, 5.41) is 0. The molecule has 0 fully saturated rings. The zero-order chi connectivity index (χ0) is 5.91. The van der Waals surface area contributed by atoms with Gasteiger partial charge in [-0.25, -0.2) is 0 Å². The molecule has 0 aromatic carbocycles. The van der Waals surface area contributed by atoms with E-state index >= 15 is 0 Å². The summed E-state index contributed by atoms with van der Waals surface area (Å²) in [6.07, 6.45) is 1.11. The number of hydrogen-bond acceptors (Lipinski definition) is 0. The van der Waals surface area contributed by atoms with E-state index in [1.807, 2.05) is 0 Å². The fraction of sp³-hybridized carbons (Fsp3) is 1.00. The van der Waals surface area contributed by atoms with Crippen molar-refractivity contribution in [3.63, 3.8) is 0 Å². The number of halogens is 1. The monoisotopic (exact) mass is 146 g/mol. The van der Waals surface area contributed by atoms with Gasteiger partial charge in [-0.2, -0.15) is 0 Å². The van der Waals surface area contributed by atoms with Gasteiger partial charge in [0.25, 0.3) is 0 Å². The topological polar surface area (TPSA) is 0 Å². The van der Waals surface area contributed by atoms with Crippen molar-refractivity contribution in [2.45, 2.75) is 27.2 Å². The van der Waals surface area contributed by atoms with E-state index in [4.69, 9.17) is 11.6 Å². The van der Waals surface area contributed by atoms with Crippen LogP contribution in [0.15, 0.2) is 0 Å². The van der Waals surface area contributed by atoms with E-state index in [1.165, 1.54) is 0 Å². The van der Waals surface area contributed by atoms with Crippen molar-refractivity contribution in [2.75, 3.05) is 5.88 Å². The van der Waals surface area contributed by atoms with Gasteiger partial charge in [0, 0.05) is 5.88 Å². The van der Waals surface area contributed by atoms with Crippen LogP contribution in [0, 0.1) is 5.41 Å². The second kappa shape index (κ2) is 4.89. The van der Waals surface area contributed by atoms with Gasteiger partial charge in [-0.15, -0.1) is 11.6 Å². The third kappa shape index (κ3) is 10.1. The summed E-state index contributed by atoms with van der Waals surface area (Å²) >= 11 is 5.49. The Morgan fingerprint density at radius 2 is 1.75 bits per heavy atom. The third-order valence-electron chi connectivity index (χ3n) is 0.844. The molecule has 0 aliphatic heterocycles. The zero-order valence-corrected chi connectivity index (χ0v) is 8.17. The van der Waals surface area contributed by atoms with Gasteiger partial charge in [-0.3, -0.25) is 0 Å². The summed E-state index contributed by atoms with van der Waals surface area (Å²) in [6, 6.07) is 0. The molecule has 48 valence electrons. The Morgan fingerprint density at radius 1 is 1.38 bits per heavy atom. The van der Waals surface area contributed by atoms with E-state index in [0.717, 1.165) is 12.3 Å². The first-order valence-electron chi connectivity index (χ1n) is 2.62. The zero-order valence-electron chi connectivity index (χ0n) is 8.00. The van der Waals surface area contributed by atoms with Crippen molar-refractivity contribution < 1.29 is 2.85 Å². The molecule has 0 saturated heterocycles. The van der Waals surface area contributed by atoms with Crippen LogP contribution in [0.1, 0.15) is 30.0 Å². The Morgan fingerprint density at radius 3 is 1.75 bits per heavy atom. The molecule has 0 radical (unpaired) electrons. The van der Waals surface area contributed by atoms with Crippen molar-refractivity contribution in [1.29, 1.82) is 0 Å². The molecule has 0 bridgehead atoms. The van der Waals surface area contributed by atoms with E-state index in [1.54, 1.807) is 0 Å². The summed E-state index contributed by atoms with van der Waals surface area (Å²) in [5.74, 6) is 0.781. The van der Waals surface area contributed by atoms with Crippen molar-refractivity contribution >= 4 is 34.7 Å². The van der Waals surface area contributed by atoms with Crippen molar-refractivity contribution in [3.8, 4) is 0 Å². The van der Waals surface area contributed by atoms with Gasteiger partial charge in [0.2, 0.25) is 0 Å². The maximum atomic E-state index is 5.49. The molecule has 0 rings (SSSR count). The Bertz CT molecular complexity index is 54.2. The van der Waals surface area contributed by atoms with E-state index < -0.39 is 0 Å². The van der Waals surface area contributed by atoms with Gasteiger partial charge in [-0.05, 0) is 11.8 Å². The second-order valence-corrected chi connectivity index (χ2v) is 3.38. The van der Waals surface area contributed by atoms with Crippen LogP contribution in [0.2, 0.25) is 0 Å². The van der Waals surface area contributed by atoms with Crippen LogP contribution < -0.4 is 0 Å². The summed E-state index contributed by atoms with van der Waals surface area (Å²) < 4.78 is 0. The van der Waals surface area contributed by atoms with Crippen molar-refractivity contribution in [3.05, 3.63) is 0 Å². The smallest absolute Gasteiger partial charge is 1.00 e. The van der Waals surface area contributed by atoms with Crippen LogP contribution in [0.25, 0.3) is 0 Å². The van der Waals surface area contributed by atoms with Gasteiger partial charge in [0.05, 0.1) is 0 Å². The SMILES string of the molecule is CC(C)(C)CCCl.[H-].[H-].[Mg+2]. The molecule has 0 aliphatic rings. The normalized spacial score (nSPS) is 10.5. The van der Waals surface area contributed by atoms with Crippen LogP contribution in [0.3, 0.4) is 0 Å². The Labute approximate surface area is 76.1 Å². The minimum Gasteiger partial charge on any atom is -1.00 e. The van der Waals surface area contributed by atoms with Crippen molar-refractivity contribution in [2.24, 2.45) is 5.41 Å². The summed E-state index contributed by atoms with van der Waals surface area (Å²) in [7, 11) is 0. The third-order valence-corrected chi connectivity index (χ3v) is 1.03. The van der Waals surface area contributed by atoms with Gasteiger partial charge >= 0.3 is 23.1 Å². The molecule has 0 heterocycles. The minimum absolute atomic E-state index is 0. The summed E-state index contributed by atoms with van der Waals surface area (Å²) in [6.45, 7) is 6.57. The number of rotatable bonds is 1. The summed E-state index contributed by atoms with van der Waals surface area (Å²) in [4.78, 5) is 0. The van der Waals surface area contributed by atoms with Crippen LogP contribution in [-0.2, 0) is 0 Å². The molecule has 0 nitrogen and oxygen atoms in total. The molecule has 8 heavy (non-hydrogen) atoms. The standard InChI is InChI=1S/C6H13Cl.Mg.2H/c1-6(2,3)4-5-7;;;/h4-5H2,1-3H3;;;/q;+2;2*-1. The summed E-state index contributed by atoms with van der Waals surface area (Å²) in [5.41, 5.74) is 0.418. The van der Waals surface area contributed by atoms with Gasteiger partial charge < -0.3 is 2.85 Å². The molecule has 0 aliphatic carbocycles. The Hall–Kier alpha value is 1.06. The van der Waals surface area contributed by atoms with Crippen LogP contribution in [-0.4, -0.2) is 28.9 Å². The average molecular weight is 147 g/mol. The molecule has 0 N–H and O–H groups in total. The van der Waals surface area contributed by atoms with Gasteiger partial charge in [0.15, 0.2) is 0 Å². The fourth-order valence-corrected chi connectivity index (χ4v) is 0.850. The van der Waals surface area contributed by atoms with E-state index in [9.17, 15) is 0 Å². The fourth-order valence-electron chi connectivity index (χ4n) is 0.283. The van der Waals surface area contributed by atoms with E-state index in [-0.39, 0.29) is 25.9 Å². The minimum atomic E-state index is 0. The van der Waals surface area contributed by atoms with Crippen LogP contribution >= 0.6 is 11.6 Å². The largest absolute Gasteiger partial charge is 2.00 e. The maximum Gasteiger partial charge on any atom is 2.00 e. The molecule has 0 atom stereocenters. The van der Waals surface area contributed by atoms with Gasteiger partial charge in [-0.1, -0.05) is 20.8 Å². The van der Waals surface area contributed by atoms with E-state index in [0.29, 0.717) is 5.41 Å². The quantitative estimate of drug-likeness (QED) is 0.394. The molecule has 0 aromatic rings. The predicted octanol–water partition coefficient (Wildman–Crippen LogP) is 2.51. The van der Waals surface area contributed by atoms with Crippen LogP contribution in [0.5, 0.6) is 0 Å². The average Bonchev–Trinajstić information content (AvgIpc) is 1.30. The predicted molar refractivity (Wildman–Crippen MR) is 42.8 cm³/mol. The molecular formula is C6H15ClMg. The number of hydrogen-bond donors (Lipinski definition) is 0. The Kier molecular flexibility index (Phi) is 7.22. The molecule has 0 saturated carbocycles. The number of alkyl halides is 1. The molecular weight excluding hydrogens is 132 g/mol. The molecule has 0 spiro atoms. The first-order chi connectivity index (χ1) is 3.06. The first-order valence-corrected chi connectivity index (χ1v) is 3.16. The molecule has 0 amide bonds. The van der Waals surface area contributed by atoms with Crippen LogP contribution in [0.4, 0.5) is 0 Å². The maximum absolute atomic E-state index is 5.49. The first kappa shape index (κ1) is 11.8. The van der Waals surface area contributed by atoms with E-state index in [2.05, 4.69) is 20.8 Å². The van der Waals surface area contributed by atoms with Crippen molar-refractivity contribution in [1.82, 2.24) is 0 Å². The second-order valence-electron chi connectivity index (χ2n) is 3.00. The molecule has 0 aromatic heterocycles. The Balaban J connectivity index is -0.0000000600.